The van der Waals surface area contributed by atoms with Crippen LogP contribution in [0.3, 0.4) is 0 Å². The number of hydrogen-bond acceptors (Lipinski definition) is 5. The van der Waals surface area contributed by atoms with Crippen molar-refractivity contribution in [3.8, 4) is 11.5 Å². The molecule has 26 heavy (non-hydrogen) atoms. The van der Waals surface area contributed by atoms with Crippen LogP contribution >= 0.6 is 11.8 Å². The predicted octanol–water partition coefficient (Wildman–Crippen LogP) is 4.19. The first-order valence-electron chi connectivity index (χ1n) is 8.70. The van der Waals surface area contributed by atoms with Gasteiger partial charge in [0, 0.05) is 18.7 Å². The van der Waals surface area contributed by atoms with Crippen molar-refractivity contribution < 1.29 is 9.21 Å². The van der Waals surface area contributed by atoms with Crippen LogP contribution in [-0.2, 0) is 4.79 Å². The van der Waals surface area contributed by atoms with Gasteiger partial charge in [0.1, 0.15) is 5.25 Å². The average Bonchev–Trinajstić information content (AvgIpc) is 3.39. The van der Waals surface area contributed by atoms with Crippen LogP contribution in [0.5, 0.6) is 0 Å². The van der Waals surface area contributed by atoms with Crippen LogP contribution in [0.15, 0.2) is 70.3 Å². The summed E-state index contributed by atoms with van der Waals surface area (Å²) in [5.74, 6) is 0.576. The quantitative estimate of drug-likeness (QED) is 0.635. The molecule has 3 aromatic rings. The van der Waals surface area contributed by atoms with Crippen LogP contribution in [0.1, 0.15) is 23.7 Å². The molecule has 1 aliphatic heterocycles. The van der Waals surface area contributed by atoms with Crippen LogP contribution in [-0.4, -0.2) is 34.1 Å². The Morgan fingerprint density at radius 1 is 0.962 bits per heavy atom. The number of likely N-dealkylation sites (tertiary alicyclic amines) is 1. The highest BCUT2D eigenvalue weighted by molar-refractivity contribution is 8.00. The second kappa shape index (κ2) is 7.74. The molecule has 132 valence electrons. The number of aromatic nitrogens is 2. The van der Waals surface area contributed by atoms with Gasteiger partial charge in [0.15, 0.2) is 0 Å². The Morgan fingerprint density at radius 2 is 1.62 bits per heavy atom. The molecule has 0 unspecified atom stereocenters. The number of carbonyl (C=O) groups excluding carboxylic acids is 1. The molecule has 1 amide bonds. The summed E-state index contributed by atoms with van der Waals surface area (Å²) in [6.45, 7) is 1.64. The first-order chi connectivity index (χ1) is 12.8. The lowest BCUT2D eigenvalue weighted by atomic mass is 10.1. The van der Waals surface area contributed by atoms with E-state index in [0.29, 0.717) is 11.1 Å². The van der Waals surface area contributed by atoms with Crippen LogP contribution in [0.4, 0.5) is 0 Å². The third-order valence-electron chi connectivity index (χ3n) is 4.39. The van der Waals surface area contributed by atoms with E-state index in [1.165, 1.54) is 11.8 Å². The molecule has 4 rings (SSSR count). The summed E-state index contributed by atoms with van der Waals surface area (Å²) in [7, 11) is 0. The molecule has 1 atom stereocenters. The summed E-state index contributed by atoms with van der Waals surface area (Å²) in [4.78, 5) is 15.0. The topological polar surface area (TPSA) is 59.2 Å². The number of rotatable bonds is 5. The molecule has 0 N–H and O–H groups in total. The van der Waals surface area contributed by atoms with Gasteiger partial charge in [-0.15, -0.1) is 10.2 Å². The lowest BCUT2D eigenvalue weighted by Crippen LogP contribution is -2.31. The van der Waals surface area contributed by atoms with Gasteiger partial charge in [0.25, 0.3) is 5.22 Å². The van der Waals surface area contributed by atoms with E-state index in [1.54, 1.807) is 0 Å². The minimum atomic E-state index is -0.377. The van der Waals surface area contributed by atoms with Gasteiger partial charge in [-0.2, -0.15) is 0 Å². The third-order valence-corrected chi connectivity index (χ3v) is 5.47. The van der Waals surface area contributed by atoms with Gasteiger partial charge in [0.05, 0.1) is 0 Å². The molecule has 0 aliphatic carbocycles. The number of hydrogen-bond donors (Lipinski definition) is 0. The molecule has 1 aromatic heterocycles. The first-order valence-corrected chi connectivity index (χ1v) is 9.58. The van der Waals surface area contributed by atoms with Gasteiger partial charge in [-0.1, -0.05) is 48.5 Å². The van der Waals surface area contributed by atoms with Gasteiger partial charge < -0.3 is 9.32 Å². The lowest BCUT2D eigenvalue weighted by Gasteiger charge is -2.22. The molecule has 2 heterocycles. The maximum Gasteiger partial charge on any atom is 0.277 e. The lowest BCUT2D eigenvalue weighted by molar-refractivity contribution is -0.129. The van der Waals surface area contributed by atoms with Crippen molar-refractivity contribution in [3.05, 3.63) is 66.2 Å². The Bertz CT molecular complexity index is 861. The molecule has 0 radical (unpaired) electrons. The highest BCUT2D eigenvalue weighted by atomic mass is 32.2. The van der Waals surface area contributed by atoms with E-state index in [2.05, 4.69) is 10.2 Å². The number of nitrogens with zero attached hydrogens (tertiary/aromatic N) is 3. The Morgan fingerprint density at radius 3 is 2.31 bits per heavy atom. The Balaban J connectivity index is 1.59. The Hall–Kier alpha value is -2.60. The SMILES string of the molecule is O=C([C@H](Sc1nnc(-c2ccccc2)o1)c1ccccc1)N1CCCC1. The van der Waals surface area contributed by atoms with Crippen LogP contribution < -0.4 is 0 Å². The standard InChI is InChI=1S/C20H19N3O2S/c24-19(23-13-7-8-14-23)17(15-9-3-1-4-10-15)26-20-22-21-18(25-20)16-11-5-2-6-12-16/h1-6,9-12,17H,7-8,13-14H2/t17-/m1/s1. The number of thioether (sulfide) groups is 1. The zero-order valence-corrected chi connectivity index (χ0v) is 15.1. The number of benzene rings is 2. The van der Waals surface area contributed by atoms with E-state index >= 15 is 0 Å². The molecule has 1 saturated heterocycles. The Kier molecular flexibility index (Phi) is 5.02. The summed E-state index contributed by atoms with van der Waals surface area (Å²) in [5.41, 5.74) is 1.82. The highest BCUT2D eigenvalue weighted by Gasteiger charge is 2.30. The van der Waals surface area contributed by atoms with Crippen molar-refractivity contribution in [2.24, 2.45) is 0 Å². The van der Waals surface area contributed by atoms with Gasteiger partial charge in [-0.3, -0.25) is 4.79 Å². The maximum atomic E-state index is 13.0. The highest BCUT2D eigenvalue weighted by Crippen LogP contribution is 2.37. The van der Waals surface area contributed by atoms with Crippen molar-refractivity contribution in [2.75, 3.05) is 13.1 Å². The molecule has 1 fully saturated rings. The van der Waals surface area contributed by atoms with Crippen molar-refractivity contribution in [2.45, 2.75) is 23.3 Å². The summed E-state index contributed by atoms with van der Waals surface area (Å²) >= 11 is 1.32. The van der Waals surface area contributed by atoms with Gasteiger partial charge in [-0.05, 0) is 42.3 Å². The molecular weight excluding hydrogens is 346 g/mol. The number of carbonyl (C=O) groups is 1. The molecule has 6 heteroatoms. The Labute approximate surface area is 156 Å². The largest absolute Gasteiger partial charge is 0.411 e. The summed E-state index contributed by atoms with van der Waals surface area (Å²) in [6, 6.07) is 19.4. The van der Waals surface area contributed by atoms with Crippen molar-refractivity contribution >= 4 is 17.7 Å². The van der Waals surface area contributed by atoms with Crippen LogP contribution in [0.2, 0.25) is 0 Å². The van der Waals surface area contributed by atoms with E-state index in [4.69, 9.17) is 4.42 Å². The summed E-state index contributed by atoms with van der Waals surface area (Å²) < 4.78 is 5.80. The fraction of sp³-hybridized carbons (Fsp3) is 0.250. The predicted molar refractivity (Wildman–Crippen MR) is 101 cm³/mol. The minimum Gasteiger partial charge on any atom is -0.411 e. The normalized spacial score (nSPS) is 15.2. The fourth-order valence-electron chi connectivity index (χ4n) is 3.05. The smallest absolute Gasteiger partial charge is 0.277 e. The molecule has 0 saturated carbocycles. The van der Waals surface area contributed by atoms with E-state index in [9.17, 15) is 4.79 Å². The third kappa shape index (κ3) is 3.65. The summed E-state index contributed by atoms with van der Waals surface area (Å²) in [5, 5.41) is 8.30. The van der Waals surface area contributed by atoms with E-state index in [1.807, 2.05) is 65.6 Å². The van der Waals surface area contributed by atoms with Crippen molar-refractivity contribution in [1.29, 1.82) is 0 Å². The molecular formula is C20H19N3O2S. The molecule has 0 spiro atoms. The maximum absolute atomic E-state index is 13.0. The first kappa shape index (κ1) is 16.8. The molecule has 2 aromatic carbocycles. The van der Waals surface area contributed by atoms with Crippen molar-refractivity contribution in [3.63, 3.8) is 0 Å². The second-order valence-corrected chi connectivity index (χ2v) is 7.24. The van der Waals surface area contributed by atoms with E-state index < -0.39 is 0 Å². The van der Waals surface area contributed by atoms with E-state index in [-0.39, 0.29) is 11.2 Å². The van der Waals surface area contributed by atoms with Crippen molar-refractivity contribution in [1.82, 2.24) is 15.1 Å². The van der Waals surface area contributed by atoms with Gasteiger partial charge in [0.2, 0.25) is 11.8 Å². The fourth-order valence-corrected chi connectivity index (χ4v) is 4.01. The average molecular weight is 365 g/mol. The molecule has 5 nitrogen and oxygen atoms in total. The van der Waals surface area contributed by atoms with Gasteiger partial charge in [-0.25, -0.2) is 0 Å². The van der Waals surface area contributed by atoms with Crippen LogP contribution in [0.25, 0.3) is 11.5 Å². The second-order valence-electron chi connectivity index (χ2n) is 6.18. The molecule has 1 aliphatic rings. The summed E-state index contributed by atoms with van der Waals surface area (Å²) in [6.07, 6.45) is 2.13. The monoisotopic (exact) mass is 365 g/mol. The zero-order chi connectivity index (χ0) is 17.8. The minimum absolute atomic E-state index is 0.109. The molecule has 0 bridgehead atoms. The van der Waals surface area contributed by atoms with Crippen LogP contribution in [0, 0.1) is 0 Å². The zero-order valence-electron chi connectivity index (χ0n) is 14.2. The number of amides is 1. The van der Waals surface area contributed by atoms with E-state index in [0.717, 1.165) is 37.1 Å². The van der Waals surface area contributed by atoms with Gasteiger partial charge >= 0.3 is 0 Å².